The Bertz CT molecular complexity index is 278. The topological polar surface area (TPSA) is 54.4 Å². The van der Waals surface area contributed by atoms with E-state index in [4.69, 9.17) is 4.55 Å². The molecule has 1 saturated carbocycles. The van der Waals surface area contributed by atoms with E-state index in [9.17, 15) is 17.2 Å². The van der Waals surface area contributed by atoms with Gasteiger partial charge in [-0.3, -0.25) is 4.55 Å². The molecule has 1 unspecified atom stereocenters. The molecule has 1 rings (SSSR count). The van der Waals surface area contributed by atoms with Gasteiger partial charge in [-0.2, -0.15) is 8.42 Å². The Kier molecular flexibility index (Phi) is 2.64. The van der Waals surface area contributed by atoms with E-state index in [-0.39, 0.29) is 6.42 Å². The van der Waals surface area contributed by atoms with Crippen molar-refractivity contribution in [2.75, 3.05) is 0 Å². The van der Waals surface area contributed by atoms with Crippen LogP contribution in [0.4, 0.5) is 8.78 Å². The molecule has 0 amide bonds. The fourth-order valence-electron chi connectivity index (χ4n) is 1.76. The number of hydrogen-bond donors (Lipinski definition) is 1. The highest BCUT2D eigenvalue weighted by atomic mass is 32.2. The van der Waals surface area contributed by atoms with Gasteiger partial charge in [0.25, 0.3) is 10.1 Å². The Morgan fingerprint density at radius 2 is 2.00 bits per heavy atom. The maximum Gasteiger partial charge on any atom is 0.268 e. The van der Waals surface area contributed by atoms with Crippen molar-refractivity contribution in [2.24, 2.45) is 5.92 Å². The predicted molar refractivity (Wildman–Crippen MR) is 43.3 cm³/mol. The molecule has 0 aromatic rings. The molecule has 78 valence electrons. The zero-order chi connectivity index (χ0) is 10.3. The average molecular weight is 214 g/mol. The summed E-state index contributed by atoms with van der Waals surface area (Å²) < 4.78 is 54.9. The Morgan fingerprint density at radius 3 is 2.23 bits per heavy atom. The lowest BCUT2D eigenvalue weighted by Gasteiger charge is -2.38. The van der Waals surface area contributed by atoms with Crippen LogP contribution < -0.4 is 0 Å². The van der Waals surface area contributed by atoms with Crippen LogP contribution >= 0.6 is 0 Å². The van der Waals surface area contributed by atoms with Crippen molar-refractivity contribution in [1.29, 1.82) is 0 Å². The van der Waals surface area contributed by atoms with Crippen LogP contribution in [-0.4, -0.2) is 24.1 Å². The summed E-state index contributed by atoms with van der Waals surface area (Å²) in [6.07, 6.45) is -0.670. The van der Waals surface area contributed by atoms with Gasteiger partial charge in [-0.05, 0) is 12.3 Å². The highest BCUT2D eigenvalue weighted by Gasteiger charge is 2.50. The number of halogens is 2. The molecule has 0 saturated heterocycles. The summed E-state index contributed by atoms with van der Waals surface area (Å²) in [7, 11) is -4.16. The normalized spacial score (nSPS) is 25.2. The summed E-state index contributed by atoms with van der Waals surface area (Å²) >= 11 is 0. The molecule has 1 aliphatic rings. The van der Waals surface area contributed by atoms with E-state index in [2.05, 4.69) is 0 Å². The fraction of sp³-hybridized carbons (Fsp3) is 1.00. The zero-order valence-corrected chi connectivity index (χ0v) is 8.02. The van der Waals surface area contributed by atoms with Crippen LogP contribution in [0.1, 0.15) is 26.2 Å². The summed E-state index contributed by atoms with van der Waals surface area (Å²) in [5.74, 6) is -3.32. The van der Waals surface area contributed by atoms with Crippen molar-refractivity contribution in [2.45, 2.75) is 37.4 Å². The van der Waals surface area contributed by atoms with E-state index < -0.39 is 40.1 Å². The first-order valence-electron chi connectivity index (χ1n) is 4.10. The summed E-state index contributed by atoms with van der Waals surface area (Å²) in [5.41, 5.74) is 0. The van der Waals surface area contributed by atoms with Crippen LogP contribution in [-0.2, 0) is 10.1 Å². The highest BCUT2D eigenvalue weighted by Crippen LogP contribution is 2.46. The zero-order valence-electron chi connectivity index (χ0n) is 7.20. The summed E-state index contributed by atoms with van der Waals surface area (Å²) in [5, 5.41) is -1.02. The van der Waals surface area contributed by atoms with Gasteiger partial charge in [0, 0.05) is 12.8 Å². The molecule has 0 spiro atoms. The van der Waals surface area contributed by atoms with Crippen molar-refractivity contribution in [3.05, 3.63) is 0 Å². The van der Waals surface area contributed by atoms with Crippen LogP contribution in [0.15, 0.2) is 0 Å². The third-order valence-electron chi connectivity index (χ3n) is 2.43. The van der Waals surface area contributed by atoms with Gasteiger partial charge in [0.2, 0.25) is 5.92 Å². The van der Waals surface area contributed by atoms with Gasteiger partial charge in [0.05, 0.1) is 5.25 Å². The van der Waals surface area contributed by atoms with Gasteiger partial charge < -0.3 is 0 Å². The third-order valence-corrected chi connectivity index (χ3v) is 3.92. The first kappa shape index (κ1) is 10.8. The maximum atomic E-state index is 12.4. The summed E-state index contributed by atoms with van der Waals surface area (Å²) in [6, 6.07) is 0. The monoisotopic (exact) mass is 214 g/mol. The Hall–Kier alpha value is -0.230. The van der Waals surface area contributed by atoms with Gasteiger partial charge in [-0.15, -0.1) is 0 Å². The summed E-state index contributed by atoms with van der Waals surface area (Å²) in [6.45, 7) is 1.56. The summed E-state index contributed by atoms with van der Waals surface area (Å²) in [4.78, 5) is 0. The van der Waals surface area contributed by atoms with E-state index in [0.29, 0.717) is 0 Å². The van der Waals surface area contributed by atoms with Crippen molar-refractivity contribution in [3.63, 3.8) is 0 Å². The molecule has 0 heterocycles. The number of hydrogen-bond acceptors (Lipinski definition) is 2. The molecule has 3 nitrogen and oxygen atoms in total. The van der Waals surface area contributed by atoms with Crippen molar-refractivity contribution < 1.29 is 21.8 Å². The molecule has 0 aromatic heterocycles. The lowest BCUT2D eigenvalue weighted by atomic mass is 9.78. The van der Waals surface area contributed by atoms with Gasteiger partial charge in [0.15, 0.2) is 0 Å². The van der Waals surface area contributed by atoms with E-state index in [0.717, 1.165) is 0 Å². The average Bonchev–Trinajstić information content (AvgIpc) is 1.81. The SMILES string of the molecule is CCC(C1CC(F)(F)C1)S(=O)(=O)O. The second kappa shape index (κ2) is 3.16. The second-order valence-corrected chi connectivity index (χ2v) is 5.12. The molecular weight excluding hydrogens is 202 g/mol. The molecule has 0 bridgehead atoms. The minimum absolute atomic E-state index is 0.180. The molecule has 0 aliphatic heterocycles. The minimum atomic E-state index is -4.16. The molecule has 1 fully saturated rings. The standard InChI is InChI=1S/C7H12F2O3S/c1-2-6(13(10,11)12)5-3-7(8,9)4-5/h5-6H,2-4H2,1H3,(H,10,11,12). The lowest BCUT2D eigenvalue weighted by molar-refractivity contribution is -0.111. The quantitative estimate of drug-likeness (QED) is 0.727. The van der Waals surface area contributed by atoms with Crippen LogP contribution in [0.2, 0.25) is 0 Å². The minimum Gasteiger partial charge on any atom is -0.285 e. The fourth-order valence-corrected chi connectivity index (χ4v) is 2.86. The molecular formula is C7H12F2O3S. The van der Waals surface area contributed by atoms with Crippen LogP contribution in [0.25, 0.3) is 0 Å². The first-order valence-corrected chi connectivity index (χ1v) is 5.61. The van der Waals surface area contributed by atoms with Crippen LogP contribution in [0.5, 0.6) is 0 Å². The van der Waals surface area contributed by atoms with Gasteiger partial charge in [-0.1, -0.05) is 6.92 Å². The molecule has 1 N–H and O–H groups in total. The molecule has 0 radical (unpaired) electrons. The molecule has 13 heavy (non-hydrogen) atoms. The van der Waals surface area contributed by atoms with Gasteiger partial charge in [0.1, 0.15) is 0 Å². The molecule has 1 aliphatic carbocycles. The highest BCUT2D eigenvalue weighted by molar-refractivity contribution is 7.86. The van der Waals surface area contributed by atoms with Crippen molar-refractivity contribution in [1.82, 2.24) is 0 Å². The second-order valence-electron chi connectivity index (χ2n) is 3.49. The van der Waals surface area contributed by atoms with E-state index in [1.54, 1.807) is 6.92 Å². The van der Waals surface area contributed by atoms with Crippen molar-refractivity contribution in [3.8, 4) is 0 Å². The van der Waals surface area contributed by atoms with E-state index in [1.165, 1.54) is 0 Å². The van der Waals surface area contributed by atoms with Crippen molar-refractivity contribution >= 4 is 10.1 Å². The molecule has 6 heteroatoms. The van der Waals surface area contributed by atoms with E-state index in [1.807, 2.05) is 0 Å². The Morgan fingerprint density at radius 1 is 1.54 bits per heavy atom. The molecule has 0 aromatic carbocycles. The third kappa shape index (κ3) is 2.37. The lowest BCUT2D eigenvalue weighted by Crippen LogP contribution is -2.44. The number of rotatable bonds is 3. The Labute approximate surface area is 75.9 Å². The van der Waals surface area contributed by atoms with Gasteiger partial charge >= 0.3 is 0 Å². The van der Waals surface area contributed by atoms with Crippen LogP contribution in [0.3, 0.4) is 0 Å². The van der Waals surface area contributed by atoms with E-state index >= 15 is 0 Å². The number of alkyl halides is 2. The Balaban J connectivity index is 2.63. The van der Waals surface area contributed by atoms with Gasteiger partial charge in [-0.25, -0.2) is 8.78 Å². The predicted octanol–water partition coefficient (Wildman–Crippen LogP) is 1.70. The molecule has 1 atom stereocenters. The first-order chi connectivity index (χ1) is 5.76. The van der Waals surface area contributed by atoms with Crippen LogP contribution in [0, 0.1) is 5.92 Å². The smallest absolute Gasteiger partial charge is 0.268 e. The largest absolute Gasteiger partial charge is 0.285 e. The maximum absolute atomic E-state index is 12.4.